The molecule has 1 aliphatic heterocycles. The predicted molar refractivity (Wildman–Crippen MR) is 111 cm³/mol. The maximum Gasteiger partial charge on any atom is 0.391 e. The van der Waals surface area contributed by atoms with Gasteiger partial charge in [0.1, 0.15) is 11.5 Å². The van der Waals surface area contributed by atoms with Crippen LogP contribution in [0.15, 0.2) is 55.4 Å². The first-order valence-electron chi connectivity index (χ1n) is 9.63. The van der Waals surface area contributed by atoms with Crippen molar-refractivity contribution >= 4 is 17.5 Å². The number of pyridine rings is 1. The first-order chi connectivity index (χ1) is 15.2. The number of alkyl halides is 3. The number of nitrogens with zero attached hydrogens (tertiary/aromatic N) is 4. The van der Waals surface area contributed by atoms with Gasteiger partial charge in [-0.3, -0.25) is 14.5 Å². The van der Waals surface area contributed by atoms with Crippen molar-refractivity contribution in [1.82, 2.24) is 19.7 Å². The molecule has 10 heteroatoms. The summed E-state index contributed by atoms with van der Waals surface area (Å²) in [6.45, 7) is 3.08. The molecule has 0 spiro atoms. The normalized spacial score (nSPS) is 16.0. The molecule has 4 rings (SSSR count). The fourth-order valence-corrected chi connectivity index (χ4v) is 4.06. The molecule has 1 aromatic carbocycles. The number of carbonyl (C=O) groups excluding carboxylic acids is 1. The highest BCUT2D eigenvalue weighted by molar-refractivity contribution is 6.30. The van der Waals surface area contributed by atoms with Gasteiger partial charge >= 0.3 is 6.18 Å². The Kier molecular flexibility index (Phi) is 5.77. The molecule has 1 amide bonds. The molecule has 0 aliphatic carbocycles. The smallest absolute Gasteiger partial charge is 0.328 e. The number of carbonyl (C=O) groups is 1. The third-order valence-electron chi connectivity index (χ3n) is 5.28. The van der Waals surface area contributed by atoms with Crippen LogP contribution in [0.1, 0.15) is 12.1 Å². The number of halogens is 5. The number of benzene rings is 1. The summed E-state index contributed by atoms with van der Waals surface area (Å²) >= 11 is 5.88. The van der Waals surface area contributed by atoms with Crippen molar-refractivity contribution in [2.24, 2.45) is 0 Å². The summed E-state index contributed by atoms with van der Waals surface area (Å²) < 4.78 is 55.8. The van der Waals surface area contributed by atoms with Crippen molar-refractivity contribution in [3.63, 3.8) is 0 Å². The van der Waals surface area contributed by atoms with E-state index in [9.17, 15) is 22.4 Å². The lowest BCUT2D eigenvalue weighted by Crippen LogP contribution is -2.47. The van der Waals surface area contributed by atoms with Crippen LogP contribution in [-0.2, 0) is 17.9 Å². The molecule has 3 aromatic rings. The zero-order chi connectivity index (χ0) is 23.0. The van der Waals surface area contributed by atoms with Crippen LogP contribution in [0.3, 0.4) is 0 Å². The number of hydrogen-bond acceptors (Lipinski definition) is 3. The van der Waals surface area contributed by atoms with E-state index in [1.54, 1.807) is 24.5 Å². The molecular weight excluding hydrogens is 448 g/mol. The Labute approximate surface area is 185 Å². The van der Waals surface area contributed by atoms with Gasteiger partial charge in [-0.2, -0.15) is 18.3 Å². The molecule has 166 valence electrons. The van der Waals surface area contributed by atoms with Crippen LogP contribution in [-0.4, -0.2) is 37.8 Å². The second-order valence-electron chi connectivity index (χ2n) is 7.36. The van der Waals surface area contributed by atoms with Crippen LogP contribution in [0.5, 0.6) is 0 Å². The fourth-order valence-electron chi connectivity index (χ4n) is 3.91. The molecule has 0 N–H and O–H groups in total. The topological polar surface area (TPSA) is 51.0 Å². The monoisotopic (exact) mass is 464 g/mol. The van der Waals surface area contributed by atoms with E-state index in [0.717, 1.165) is 17.0 Å². The minimum absolute atomic E-state index is 0.133. The van der Waals surface area contributed by atoms with Crippen molar-refractivity contribution in [3.05, 3.63) is 71.9 Å². The zero-order valence-corrected chi connectivity index (χ0v) is 17.4. The van der Waals surface area contributed by atoms with Crippen LogP contribution in [0.4, 0.5) is 17.6 Å². The lowest BCUT2D eigenvalue weighted by molar-refractivity contribution is -0.156. The molecule has 0 saturated carbocycles. The van der Waals surface area contributed by atoms with Crippen molar-refractivity contribution in [2.75, 3.05) is 0 Å². The minimum Gasteiger partial charge on any atom is -0.328 e. The van der Waals surface area contributed by atoms with Crippen LogP contribution in [0.2, 0.25) is 5.02 Å². The molecule has 0 saturated heterocycles. The third-order valence-corrected chi connectivity index (χ3v) is 5.52. The largest absolute Gasteiger partial charge is 0.391 e. The second-order valence-corrected chi connectivity index (χ2v) is 7.79. The lowest BCUT2D eigenvalue weighted by Gasteiger charge is -2.36. The van der Waals surface area contributed by atoms with Gasteiger partial charge in [0.25, 0.3) is 0 Å². The third kappa shape index (κ3) is 4.25. The van der Waals surface area contributed by atoms with Crippen LogP contribution in [0.25, 0.3) is 22.4 Å². The van der Waals surface area contributed by atoms with Crippen LogP contribution >= 0.6 is 11.6 Å². The highest BCUT2D eigenvalue weighted by Crippen LogP contribution is 2.39. The van der Waals surface area contributed by atoms with E-state index >= 15 is 0 Å². The van der Waals surface area contributed by atoms with E-state index in [1.807, 2.05) is 0 Å². The molecule has 0 radical (unpaired) electrons. The number of aromatic nitrogens is 3. The quantitative estimate of drug-likeness (QED) is 0.391. The maximum absolute atomic E-state index is 14.8. The Hall–Kier alpha value is -3.20. The number of hydrogen-bond donors (Lipinski definition) is 0. The first-order valence-corrected chi connectivity index (χ1v) is 10.0. The van der Waals surface area contributed by atoms with Gasteiger partial charge in [-0.15, -0.1) is 0 Å². The number of fused-ring (bicyclic) bond motifs is 1. The zero-order valence-electron chi connectivity index (χ0n) is 16.6. The van der Waals surface area contributed by atoms with Crippen LogP contribution in [0, 0.1) is 5.82 Å². The van der Waals surface area contributed by atoms with E-state index in [4.69, 9.17) is 11.6 Å². The van der Waals surface area contributed by atoms with Gasteiger partial charge in [0.2, 0.25) is 5.91 Å². The van der Waals surface area contributed by atoms with E-state index in [-0.39, 0.29) is 29.4 Å². The molecule has 1 aliphatic rings. The van der Waals surface area contributed by atoms with E-state index in [0.29, 0.717) is 16.8 Å². The summed E-state index contributed by atoms with van der Waals surface area (Å²) in [6, 6.07) is 6.34. The van der Waals surface area contributed by atoms with Crippen molar-refractivity contribution in [3.8, 4) is 22.4 Å². The average molecular weight is 465 g/mol. The van der Waals surface area contributed by atoms with Gasteiger partial charge in [-0.25, -0.2) is 4.39 Å². The predicted octanol–water partition coefficient (Wildman–Crippen LogP) is 5.25. The van der Waals surface area contributed by atoms with E-state index in [2.05, 4.69) is 16.7 Å². The molecular formula is C22H17ClF4N4O. The molecule has 0 fully saturated rings. The van der Waals surface area contributed by atoms with Crippen LogP contribution < -0.4 is 0 Å². The van der Waals surface area contributed by atoms with Gasteiger partial charge in [-0.05, 0) is 42.0 Å². The molecule has 3 heterocycles. The highest BCUT2D eigenvalue weighted by Gasteiger charge is 2.40. The molecule has 1 atom stereocenters. The summed E-state index contributed by atoms with van der Waals surface area (Å²) in [4.78, 5) is 17.5. The van der Waals surface area contributed by atoms with Gasteiger partial charge in [0.05, 0.1) is 31.2 Å². The summed E-state index contributed by atoms with van der Waals surface area (Å²) in [5, 5.41) is 4.67. The number of amides is 1. The first kappa shape index (κ1) is 22.0. The average Bonchev–Trinajstić information content (AvgIpc) is 3.10. The second kappa shape index (κ2) is 8.38. The summed E-state index contributed by atoms with van der Waals surface area (Å²) in [5.74, 6) is -1.24. The highest BCUT2D eigenvalue weighted by atomic mass is 35.5. The van der Waals surface area contributed by atoms with Gasteiger partial charge in [0.15, 0.2) is 0 Å². The van der Waals surface area contributed by atoms with Crippen molar-refractivity contribution in [1.29, 1.82) is 0 Å². The Morgan fingerprint density at radius 2 is 1.97 bits per heavy atom. The van der Waals surface area contributed by atoms with E-state index in [1.165, 1.54) is 16.8 Å². The maximum atomic E-state index is 14.8. The molecule has 1 unspecified atom stereocenters. The summed E-state index contributed by atoms with van der Waals surface area (Å²) in [5.41, 5.74) is 2.05. The Balaban J connectivity index is 1.90. The molecule has 0 bridgehead atoms. The summed E-state index contributed by atoms with van der Waals surface area (Å²) in [6.07, 6.45) is -1.59. The Morgan fingerprint density at radius 1 is 1.25 bits per heavy atom. The van der Waals surface area contributed by atoms with Crippen molar-refractivity contribution in [2.45, 2.75) is 31.7 Å². The Morgan fingerprint density at radius 3 is 2.59 bits per heavy atom. The van der Waals surface area contributed by atoms with Gasteiger partial charge in [-0.1, -0.05) is 18.2 Å². The SMILES string of the molecule is C=CC(=O)N1Cc2c(-c3ccncc3)c(-c3ccc(Cl)cc3F)nn2CC1CC(F)(F)F. The standard InChI is InChI=1S/C22H17ClF4N4O/c1-2-19(32)30-12-18-20(13-5-7-28-8-6-13)21(16-4-3-14(23)9-17(16)24)29-31(18)11-15(30)10-22(25,26)27/h2-9,15H,1,10-12H2. The molecule has 2 aromatic heterocycles. The fraction of sp³-hybridized carbons (Fsp3) is 0.227. The minimum atomic E-state index is -4.48. The van der Waals surface area contributed by atoms with Crippen molar-refractivity contribution < 1.29 is 22.4 Å². The Bertz CT molecular complexity index is 1180. The molecule has 32 heavy (non-hydrogen) atoms. The summed E-state index contributed by atoms with van der Waals surface area (Å²) in [7, 11) is 0. The number of rotatable bonds is 4. The van der Waals surface area contributed by atoms with E-state index < -0.39 is 30.4 Å². The van der Waals surface area contributed by atoms with Gasteiger partial charge < -0.3 is 4.90 Å². The molecule has 5 nitrogen and oxygen atoms in total. The lowest BCUT2D eigenvalue weighted by atomic mass is 9.97. The van der Waals surface area contributed by atoms with Gasteiger partial charge in [0, 0.05) is 28.5 Å².